The molecular formula is C11H16N4O2S. The second-order valence-corrected chi connectivity index (χ2v) is 6.24. The molecular weight excluding hydrogens is 252 g/mol. The first kappa shape index (κ1) is 13.0. The highest BCUT2D eigenvalue weighted by Gasteiger charge is 2.32. The average Bonchev–Trinajstić information content (AvgIpc) is 2.33. The first-order chi connectivity index (χ1) is 8.34. The summed E-state index contributed by atoms with van der Waals surface area (Å²) in [6.07, 6.45) is 2.78. The van der Waals surface area contributed by atoms with E-state index in [0.29, 0.717) is 11.5 Å². The SMILES string of the molecule is CC(C)C(C)C1=NS(=O)(=O)c2cnccc2N1N. The number of nitrogens with zero attached hydrogens (tertiary/aromatic N) is 3. The molecule has 2 heterocycles. The van der Waals surface area contributed by atoms with Crippen molar-refractivity contribution in [3.05, 3.63) is 18.5 Å². The van der Waals surface area contributed by atoms with Crippen molar-refractivity contribution in [3.63, 3.8) is 0 Å². The van der Waals surface area contributed by atoms with Gasteiger partial charge in [-0.2, -0.15) is 8.42 Å². The zero-order valence-electron chi connectivity index (χ0n) is 10.5. The Kier molecular flexibility index (Phi) is 3.12. The normalized spacial score (nSPS) is 19.4. The molecule has 98 valence electrons. The Hall–Kier alpha value is -1.47. The fraction of sp³-hybridized carbons (Fsp3) is 0.455. The van der Waals surface area contributed by atoms with E-state index in [0.717, 1.165) is 0 Å². The third kappa shape index (κ3) is 1.99. The number of rotatable bonds is 2. The Balaban J connectivity index is 2.59. The van der Waals surface area contributed by atoms with E-state index in [9.17, 15) is 8.42 Å². The van der Waals surface area contributed by atoms with Crippen LogP contribution in [0.15, 0.2) is 27.8 Å². The number of aromatic nitrogens is 1. The van der Waals surface area contributed by atoms with Crippen LogP contribution in [0.4, 0.5) is 5.69 Å². The van der Waals surface area contributed by atoms with Crippen LogP contribution >= 0.6 is 0 Å². The number of pyridine rings is 1. The molecule has 0 saturated heterocycles. The molecule has 2 N–H and O–H groups in total. The van der Waals surface area contributed by atoms with Crippen molar-refractivity contribution in [2.24, 2.45) is 22.1 Å². The summed E-state index contributed by atoms with van der Waals surface area (Å²) in [5.41, 5.74) is 0.419. The molecule has 7 heteroatoms. The molecule has 18 heavy (non-hydrogen) atoms. The van der Waals surface area contributed by atoms with Gasteiger partial charge in [0.15, 0.2) is 0 Å². The van der Waals surface area contributed by atoms with E-state index >= 15 is 0 Å². The molecule has 0 fully saturated rings. The molecule has 0 aliphatic carbocycles. The minimum Gasteiger partial charge on any atom is -0.263 e. The van der Waals surface area contributed by atoms with E-state index in [1.165, 1.54) is 17.4 Å². The molecule has 1 aromatic rings. The summed E-state index contributed by atoms with van der Waals surface area (Å²) in [7, 11) is -3.70. The fourth-order valence-corrected chi connectivity index (χ4v) is 2.93. The number of hydrogen-bond acceptors (Lipinski definition) is 5. The van der Waals surface area contributed by atoms with Gasteiger partial charge in [0.05, 0.1) is 5.69 Å². The summed E-state index contributed by atoms with van der Waals surface area (Å²) in [6.45, 7) is 5.90. The molecule has 0 saturated carbocycles. The molecule has 0 amide bonds. The van der Waals surface area contributed by atoms with Crippen LogP contribution in [0.1, 0.15) is 20.8 Å². The van der Waals surface area contributed by atoms with Gasteiger partial charge in [0.1, 0.15) is 10.7 Å². The predicted octanol–water partition coefficient (Wildman–Crippen LogP) is 1.15. The Morgan fingerprint density at radius 3 is 2.61 bits per heavy atom. The van der Waals surface area contributed by atoms with Gasteiger partial charge >= 0.3 is 0 Å². The first-order valence-corrected chi connectivity index (χ1v) is 7.12. The zero-order chi connectivity index (χ0) is 13.5. The maximum Gasteiger partial charge on any atom is 0.287 e. The number of amidine groups is 1. The summed E-state index contributed by atoms with van der Waals surface area (Å²) in [4.78, 5) is 3.85. The summed E-state index contributed by atoms with van der Waals surface area (Å²) in [6, 6.07) is 1.58. The third-order valence-corrected chi connectivity index (χ3v) is 4.47. The molecule has 1 aliphatic heterocycles. The Morgan fingerprint density at radius 2 is 2.00 bits per heavy atom. The molecule has 0 bridgehead atoms. The van der Waals surface area contributed by atoms with Crippen molar-refractivity contribution in [1.82, 2.24) is 4.98 Å². The fourth-order valence-electron chi connectivity index (χ4n) is 1.71. The van der Waals surface area contributed by atoms with Gasteiger partial charge in [-0.3, -0.25) is 9.99 Å². The maximum absolute atomic E-state index is 12.0. The predicted molar refractivity (Wildman–Crippen MR) is 69.5 cm³/mol. The van der Waals surface area contributed by atoms with Gasteiger partial charge in [-0.25, -0.2) is 5.84 Å². The van der Waals surface area contributed by atoms with E-state index in [1.54, 1.807) is 6.07 Å². The van der Waals surface area contributed by atoms with Crippen molar-refractivity contribution in [1.29, 1.82) is 0 Å². The van der Waals surface area contributed by atoms with Gasteiger partial charge in [-0.05, 0) is 12.0 Å². The van der Waals surface area contributed by atoms with Crippen LogP contribution in [0, 0.1) is 11.8 Å². The number of nitrogens with two attached hydrogens (primary N) is 1. The highest BCUT2D eigenvalue weighted by atomic mass is 32.2. The molecule has 6 nitrogen and oxygen atoms in total. The Labute approximate surface area is 107 Å². The lowest BCUT2D eigenvalue weighted by Gasteiger charge is -2.30. The van der Waals surface area contributed by atoms with Gasteiger partial charge in [-0.15, -0.1) is 4.40 Å². The van der Waals surface area contributed by atoms with Crippen molar-refractivity contribution in [2.45, 2.75) is 25.7 Å². The van der Waals surface area contributed by atoms with Gasteiger partial charge in [0.2, 0.25) is 0 Å². The number of hydrogen-bond donors (Lipinski definition) is 1. The molecule has 2 rings (SSSR count). The van der Waals surface area contributed by atoms with Crippen molar-refractivity contribution in [3.8, 4) is 0 Å². The number of fused-ring (bicyclic) bond motifs is 1. The van der Waals surface area contributed by atoms with E-state index in [1.807, 2.05) is 20.8 Å². The zero-order valence-corrected chi connectivity index (χ0v) is 11.3. The first-order valence-electron chi connectivity index (χ1n) is 5.68. The quantitative estimate of drug-likeness (QED) is 0.813. The van der Waals surface area contributed by atoms with Crippen LogP contribution in [0.3, 0.4) is 0 Å². The van der Waals surface area contributed by atoms with E-state index in [-0.39, 0.29) is 16.7 Å². The van der Waals surface area contributed by atoms with Crippen LogP contribution in [0.25, 0.3) is 0 Å². The van der Waals surface area contributed by atoms with E-state index in [2.05, 4.69) is 9.38 Å². The lowest BCUT2D eigenvalue weighted by molar-refractivity contribution is 0.523. The Bertz CT molecular complexity index is 595. The molecule has 1 unspecified atom stereocenters. The smallest absolute Gasteiger partial charge is 0.263 e. The van der Waals surface area contributed by atoms with Crippen molar-refractivity contribution < 1.29 is 8.42 Å². The molecule has 0 spiro atoms. The van der Waals surface area contributed by atoms with Crippen LogP contribution in [0.5, 0.6) is 0 Å². The molecule has 0 aromatic carbocycles. The van der Waals surface area contributed by atoms with Gasteiger partial charge in [0.25, 0.3) is 10.0 Å². The average molecular weight is 268 g/mol. The standard InChI is InChI=1S/C11H16N4O2S/c1-7(2)8(3)11-14-18(16,17)10-6-13-5-4-9(10)15(11)12/h4-8H,12H2,1-3H3. The maximum atomic E-state index is 12.0. The lowest BCUT2D eigenvalue weighted by Crippen LogP contribution is -2.45. The summed E-state index contributed by atoms with van der Waals surface area (Å²) < 4.78 is 27.9. The summed E-state index contributed by atoms with van der Waals surface area (Å²) in [5, 5.41) is 1.34. The summed E-state index contributed by atoms with van der Waals surface area (Å²) in [5.74, 6) is 6.52. The highest BCUT2D eigenvalue weighted by Crippen LogP contribution is 2.31. The van der Waals surface area contributed by atoms with Crippen LogP contribution < -0.4 is 10.9 Å². The molecule has 1 atom stereocenters. The lowest BCUT2D eigenvalue weighted by atomic mass is 9.96. The van der Waals surface area contributed by atoms with Crippen LogP contribution in [-0.2, 0) is 10.0 Å². The van der Waals surface area contributed by atoms with Crippen LogP contribution in [0.2, 0.25) is 0 Å². The van der Waals surface area contributed by atoms with Crippen molar-refractivity contribution >= 4 is 21.5 Å². The summed E-state index contributed by atoms with van der Waals surface area (Å²) >= 11 is 0. The second kappa shape index (κ2) is 4.33. The van der Waals surface area contributed by atoms with Gasteiger partial charge < -0.3 is 0 Å². The molecule has 1 aromatic heterocycles. The second-order valence-electron chi connectivity index (χ2n) is 4.67. The van der Waals surface area contributed by atoms with Crippen LogP contribution in [-0.4, -0.2) is 19.2 Å². The van der Waals surface area contributed by atoms with Gasteiger partial charge in [0, 0.05) is 18.3 Å². The minimum atomic E-state index is -3.70. The topological polar surface area (TPSA) is 88.7 Å². The van der Waals surface area contributed by atoms with E-state index in [4.69, 9.17) is 5.84 Å². The third-order valence-electron chi connectivity index (χ3n) is 3.17. The van der Waals surface area contributed by atoms with Crippen molar-refractivity contribution in [2.75, 3.05) is 5.01 Å². The minimum absolute atomic E-state index is 0.0483. The number of hydrazine groups is 1. The largest absolute Gasteiger partial charge is 0.287 e. The monoisotopic (exact) mass is 268 g/mol. The molecule has 1 aliphatic rings. The number of sulfonamides is 1. The Morgan fingerprint density at radius 1 is 1.33 bits per heavy atom. The van der Waals surface area contributed by atoms with Gasteiger partial charge in [-0.1, -0.05) is 20.8 Å². The van der Waals surface area contributed by atoms with E-state index < -0.39 is 10.0 Å². The molecule has 0 radical (unpaired) electrons. The highest BCUT2D eigenvalue weighted by molar-refractivity contribution is 7.90. The number of anilines is 1.